The summed E-state index contributed by atoms with van der Waals surface area (Å²) in [5, 5.41) is 15.2. The van der Waals surface area contributed by atoms with Crippen LogP contribution < -0.4 is 5.73 Å². The van der Waals surface area contributed by atoms with Gasteiger partial charge in [0.2, 0.25) is 0 Å². The summed E-state index contributed by atoms with van der Waals surface area (Å²) in [7, 11) is 1.74. The summed E-state index contributed by atoms with van der Waals surface area (Å²) in [6.07, 6.45) is 1.66. The first-order valence-electron chi connectivity index (χ1n) is 3.13. The number of hydrogen-bond acceptors (Lipinski definition) is 3. The maximum absolute atomic E-state index is 8.38. The van der Waals surface area contributed by atoms with Crippen molar-refractivity contribution in [3.8, 4) is 0 Å². The zero-order chi connectivity index (χ0) is 8.43. The average molecular weight is 154 g/mol. The van der Waals surface area contributed by atoms with Crippen LogP contribution >= 0.6 is 0 Å². The van der Waals surface area contributed by atoms with E-state index in [9.17, 15) is 0 Å². The van der Waals surface area contributed by atoms with Gasteiger partial charge in [0.15, 0.2) is 5.84 Å². The normalized spacial score (nSPS) is 12.0. The van der Waals surface area contributed by atoms with E-state index in [2.05, 4.69) is 10.3 Å². The molecular formula is C6H10N4O. The number of oxime groups is 1. The van der Waals surface area contributed by atoms with Gasteiger partial charge in [-0.2, -0.15) is 5.10 Å². The van der Waals surface area contributed by atoms with E-state index < -0.39 is 0 Å². The van der Waals surface area contributed by atoms with Crippen LogP contribution in [0, 0.1) is 6.92 Å². The Kier molecular flexibility index (Phi) is 1.80. The number of aromatic nitrogens is 2. The second kappa shape index (κ2) is 2.61. The van der Waals surface area contributed by atoms with Gasteiger partial charge in [-0.25, -0.2) is 0 Å². The average Bonchev–Trinajstić information content (AvgIpc) is 2.30. The Morgan fingerprint density at radius 1 is 1.82 bits per heavy atom. The van der Waals surface area contributed by atoms with Crippen LogP contribution in [0.4, 0.5) is 0 Å². The van der Waals surface area contributed by atoms with Gasteiger partial charge in [-0.05, 0) is 12.5 Å². The highest BCUT2D eigenvalue weighted by Crippen LogP contribution is 2.03. The van der Waals surface area contributed by atoms with Crippen LogP contribution in [0.15, 0.2) is 11.4 Å². The molecule has 5 nitrogen and oxygen atoms in total. The van der Waals surface area contributed by atoms with Crippen LogP contribution in [0.2, 0.25) is 0 Å². The predicted octanol–water partition coefficient (Wildman–Crippen LogP) is -0.177. The zero-order valence-corrected chi connectivity index (χ0v) is 6.44. The van der Waals surface area contributed by atoms with Crippen molar-refractivity contribution in [3.63, 3.8) is 0 Å². The number of hydrogen-bond donors (Lipinski definition) is 2. The molecule has 0 aliphatic carbocycles. The molecule has 0 bridgehead atoms. The molecule has 1 aromatic rings. The van der Waals surface area contributed by atoms with Gasteiger partial charge in [0.25, 0.3) is 0 Å². The Morgan fingerprint density at radius 3 is 2.82 bits per heavy atom. The van der Waals surface area contributed by atoms with Crippen LogP contribution in [0.25, 0.3) is 0 Å². The highest BCUT2D eigenvalue weighted by atomic mass is 16.4. The van der Waals surface area contributed by atoms with Crippen LogP contribution in [-0.4, -0.2) is 20.8 Å². The number of rotatable bonds is 1. The lowest BCUT2D eigenvalue weighted by molar-refractivity contribution is 0.318. The summed E-state index contributed by atoms with van der Waals surface area (Å²) in [5.74, 6) is 0.0856. The lowest BCUT2D eigenvalue weighted by Gasteiger charge is -1.99. The van der Waals surface area contributed by atoms with Gasteiger partial charge >= 0.3 is 0 Å². The molecule has 0 atom stereocenters. The minimum atomic E-state index is 0.0856. The first-order valence-corrected chi connectivity index (χ1v) is 3.13. The topological polar surface area (TPSA) is 76.4 Å². The van der Waals surface area contributed by atoms with E-state index in [0.717, 1.165) is 5.56 Å². The van der Waals surface area contributed by atoms with Crippen LogP contribution in [0.1, 0.15) is 11.3 Å². The van der Waals surface area contributed by atoms with Crippen molar-refractivity contribution in [2.45, 2.75) is 6.92 Å². The van der Waals surface area contributed by atoms with Gasteiger partial charge in [-0.3, -0.25) is 4.68 Å². The minimum Gasteiger partial charge on any atom is -0.409 e. The molecule has 0 fully saturated rings. The highest BCUT2D eigenvalue weighted by molar-refractivity contribution is 5.96. The van der Waals surface area contributed by atoms with Crippen molar-refractivity contribution in [1.29, 1.82) is 0 Å². The fourth-order valence-corrected chi connectivity index (χ4v) is 0.962. The van der Waals surface area contributed by atoms with Gasteiger partial charge < -0.3 is 10.9 Å². The number of nitrogens with two attached hydrogens (primary N) is 1. The molecule has 1 aromatic heterocycles. The Hall–Kier alpha value is -1.52. The standard InChI is InChI=1S/C6H10N4O/c1-4-3-8-10(2)5(4)6(7)9-11/h3,11H,1-2H3,(H2,7,9). The number of amidine groups is 1. The third-order valence-electron chi connectivity index (χ3n) is 1.47. The minimum absolute atomic E-state index is 0.0856. The Bertz CT molecular complexity index is 269. The molecule has 11 heavy (non-hydrogen) atoms. The fourth-order valence-electron chi connectivity index (χ4n) is 0.962. The quantitative estimate of drug-likeness (QED) is 0.255. The summed E-state index contributed by atoms with van der Waals surface area (Å²) in [4.78, 5) is 0. The van der Waals surface area contributed by atoms with Gasteiger partial charge in [0.1, 0.15) is 5.69 Å². The van der Waals surface area contributed by atoms with Crippen molar-refractivity contribution in [1.82, 2.24) is 9.78 Å². The summed E-state index contributed by atoms with van der Waals surface area (Å²) < 4.78 is 1.56. The molecule has 0 aliphatic rings. The third kappa shape index (κ3) is 1.17. The lowest BCUT2D eigenvalue weighted by Crippen LogP contribution is -2.18. The molecule has 0 unspecified atom stereocenters. The van der Waals surface area contributed by atoms with Crippen molar-refractivity contribution in [2.75, 3.05) is 0 Å². The monoisotopic (exact) mass is 154 g/mol. The van der Waals surface area contributed by atoms with Gasteiger partial charge in [-0.15, -0.1) is 0 Å². The molecule has 5 heteroatoms. The lowest BCUT2D eigenvalue weighted by atomic mass is 10.2. The summed E-state index contributed by atoms with van der Waals surface area (Å²) in [5.41, 5.74) is 6.92. The molecule has 0 saturated carbocycles. The van der Waals surface area contributed by atoms with Crippen molar-refractivity contribution >= 4 is 5.84 Å². The van der Waals surface area contributed by atoms with Gasteiger partial charge in [0, 0.05) is 7.05 Å². The SMILES string of the molecule is Cc1cnn(C)c1/C(N)=N/O. The van der Waals surface area contributed by atoms with E-state index in [4.69, 9.17) is 10.9 Å². The Balaban J connectivity index is 3.21. The van der Waals surface area contributed by atoms with Crippen LogP contribution in [0.3, 0.4) is 0 Å². The first-order chi connectivity index (χ1) is 5.16. The maximum atomic E-state index is 8.38. The number of nitrogens with zero attached hydrogens (tertiary/aromatic N) is 3. The third-order valence-corrected chi connectivity index (χ3v) is 1.47. The van der Waals surface area contributed by atoms with Crippen LogP contribution in [0.5, 0.6) is 0 Å². The highest BCUT2D eigenvalue weighted by Gasteiger charge is 2.07. The molecule has 0 spiro atoms. The zero-order valence-electron chi connectivity index (χ0n) is 6.44. The largest absolute Gasteiger partial charge is 0.409 e. The predicted molar refractivity (Wildman–Crippen MR) is 40.5 cm³/mol. The molecule has 0 aliphatic heterocycles. The van der Waals surface area contributed by atoms with Crippen molar-refractivity contribution in [3.05, 3.63) is 17.5 Å². The molecule has 60 valence electrons. The molecule has 0 saturated heterocycles. The van der Waals surface area contributed by atoms with Gasteiger partial charge in [0.05, 0.1) is 6.20 Å². The van der Waals surface area contributed by atoms with Crippen molar-refractivity contribution < 1.29 is 5.21 Å². The van der Waals surface area contributed by atoms with E-state index in [0.29, 0.717) is 5.69 Å². The number of aryl methyl sites for hydroxylation is 2. The molecule has 3 N–H and O–H groups in total. The molecule has 1 rings (SSSR count). The molecule has 0 radical (unpaired) electrons. The fraction of sp³-hybridized carbons (Fsp3) is 0.333. The summed E-state index contributed by atoms with van der Waals surface area (Å²) in [6.45, 7) is 1.85. The maximum Gasteiger partial charge on any atom is 0.188 e. The molecule has 0 amide bonds. The van der Waals surface area contributed by atoms with E-state index in [-0.39, 0.29) is 5.84 Å². The van der Waals surface area contributed by atoms with Gasteiger partial charge in [-0.1, -0.05) is 5.16 Å². The van der Waals surface area contributed by atoms with E-state index in [1.165, 1.54) is 0 Å². The van der Waals surface area contributed by atoms with E-state index in [1.54, 1.807) is 17.9 Å². The summed E-state index contributed by atoms with van der Waals surface area (Å²) in [6, 6.07) is 0. The second-order valence-corrected chi connectivity index (χ2v) is 2.29. The molecule has 0 aromatic carbocycles. The Labute approximate surface area is 64.1 Å². The Morgan fingerprint density at radius 2 is 2.45 bits per heavy atom. The summed E-state index contributed by atoms with van der Waals surface area (Å²) >= 11 is 0. The first kappa shape index (κ1) is 7.59. The van der Waals surface area contributed by atoms with Crippen LogP contribution in [-0.2, 0) is 7.05 Å². The molecule has 1 heterocycles. The molecular weight excluding hydrogens is 144 g/mol. The van der Waals surface area contributed by atoms with E-state index in [1.807, 2.05) is 6.92 Å². The van der Waals surface area contributed by atoms with Crippen molar-refractivity contribution in [2.24, 2.45) is 17.9 Å². The smallest absolute Gasteiger partial charge is 0.188 e. The second-order valence-electron chi connectivity index (χ2n) is 2.29. The van der Waals surface area contributed by atoms with E-state index >= 15 is 0 Å².